The Morgan fingerprint density at radius 1 is 1.38 bits per heavy atom. The highest BCUT2D eigenvalue weighted by atomic mass is 35.5. The minimum absolute atomic E-state index is 0.0414. The van der Waals surface area contributed by atoms with Gasteiger partial charge in [-0.1, -0.05) is 41.0 Å². The Kier molecular flexibility index (Phi) is 6.11. The maximum absolute atomic E-state index is 12.5. The smallest absolute Gasteiger partial charge is 0.237 e. The minimum atomic E-state index is 0.0414. The van der Waals surface area contributed by atoms with Crippen molar-refractivity contribution in [3.05, 3.63) is 40.0 Å². The van der Waals surface area contributed by atoms with Crippen LogP contribution in [0.5, 0.6) is 0 Å². The molecule has 9 heteroatoms. The van der Waals surface area contributed by atoms with Gasteiger partial charge in [-0.25, -0.2) is 4.68 Å². The molecule has 0 radical (unpaired) electrons. The van der Waals surface area contributed by atoms with Crippen molar-refractivity contribution in [3.8, 4) is 11.4 Å². The third-order valence-electron chi connectivity index (χ3n) is 4.14. The molecule has 0 atom stereocenters. The quantitative estimate of drug-likeness (QED) is 0.574. The first kappa shape index (κ1) is 19.1. The summed E-state index contributed by atoms with van der Waals surface area (Å²) in [5.41, 5.74) is 1.75. The van der Waals surface area contributed by atoms with Crippen molar-refractivity contribution in [1.29, 1.82) is 0 Å². The van der Waals surface area contributed by atoms with Gasteiger partial charge < -0.3 is 10.7 Å². The van der Waals surface area contributed by atoms with Gasteiger partial charge in [-0.2, -0.15) is 0 Å². The molecule has 138 valence electrons. The summed E-state index contributed by atoms with van der Waals surface area (Å²) in [6.45, 7) is 2.64. The number of benzene rings is 1. The average molecular weight is 412 g/mol. The Labute approximate surface area is 166 Å². The number of nitrogens with two attached hydrogens (primary N) is 1. The summed E-state index contributed by atoms with van der Waals surface area (Å²) in [7, 11) is 0. The molecule has 0 unspecified atom stereocenters. The van der Waals surface area contributed by atoms with Crippen LogP contribution in [-0.2, 0) is 4.79 Å². The second-order valence-corrected chi connectivity index (χ2v) is 7.60. The summed E-state index contributed by atoms with van der Waals surface area (Å²) in [6, 6.07) is 5.07. The van der Waals surface area contributed by atoms with E-state index in [4.69, 9.17) is 29.0 Å². The predicted molar refractivity (Wildman–Crippen MR) is 106 cm³/mol. The van der Waals surface area contributed by atoms with E-state index < -0.39 is 0 Å². The van der Waals surface area contributed by atoms with Crippen LogP contribution in [0.2, 0.25) is 10.0 Å². The first-order chi connectivity index (χ1) is 12.5. The molecule has 2 aromatic rings. The van der Waals surface area contributed by atoms with Gasteiger partial charge in [0.2, 0.25) is 11.1 Å². The zero-order valence-electron chi connectivity index (χ0n) is 14.3. The summed E-state index contributed by atoms with van der Waals surface area (Å²) in [4.78, 5) is 14.4. The standard InChI is InChI=1S/C17H19Cl2N5OS/c1-2-23(12-5-3-4-6-12)15(25)10-26-17-22-21-16(24(17)20)13-8-7-11(18)9-14(13)19/h5,7-9H,2-4,6,10,20H2,1H3. The Bertz CT molecular complexity index is 852. The van der Waals surface area contributed by atoms with Gasteiger partial charge in [0.05, 0.1) is 10.8 Å². The predicted octanol–water partition coefficient (Wildman–Crippen LogP) is 3.97. The number of hydrogen-bond donors (Lipinski definition) is 1. The van der Waals surface area contributed by atoms with Crippen molar-refractivity contribution in [1.82, 2.24) is 19.8 Å². The van der Waals surface area contributed by atoms with E-state index in [1.165, 1.54) is 16.4 Å². The topological polar surface area (TPSA) is 77.0 Å². The number of nitrogen functional groups attached to an aromatic ring is 1. The van der Waals surface area contributed by atoms with Gasteiger partial charge in [0, 0.05) is 22.8 Å². The largest absolute Gasteiger partial charge is 0.335 e. The van der Waals surface area contributed by atoms with Gasteiger partial charge in [0.1, 0.15) is 0 Å². The highest BCUT2D eigenvalue weighted by Gasteiger charge is 2.21. The third kappa shape index (κ3) is 4.00. The van der Waals surface area contributed by atoms with Gasteiger partial charge in [0.15, 0.2) is 5.82 Å². The zero-order valence-corrected chi connectivity index (χ0v) is 16.6. The molecule has 0 saturated carbocycles. The normalized spacial score (nSPS) is 13.7. The van der Waals surface area contributed by atoms with Gasteiger partial charge in [0.25, 0.3) is 0 Å². The molecule has 3 rings (SSSR count). The first-order valence-corrected chi connectivity index (χ1v) is 10.0. The van der Waals surface area contributed by atoms with Gasteiger partial charge in [-0.15, -0.1) is 10.2 Å². The molecule has 0 fully saturated rings. The summed E-state index contributed by atoms with van der Waals surface area (Å²) in [6.07, 6.45) is 5.23. The molecule has 2 N–H and O–H groups in total. The van der Waals surface area contributed by atoms with Crippen molar-refractivity contribution in [2.75, 3.05) is 18.1 Å². The number of aromatic nitrogens is 3. The Morgan fingerprint density at radius 2 is 2.19 bits per heavy atom. The Balaban J connectivity index is 1.71. The van der Waals surface area contributed by atoms with Crippen LogP contribution in [0.1, 0.15) is 26.2 Å². The van der Waals surface area contributed by atoms with E-state index in [0.29, 0.717) is 33.1 Å². The van der Waals surface area contributed by atoms with E-state index >= 15 is 0 Å². The molecular formula is C17H19Cl2N5OS. The molecular weight excluding hydrogens is 393 g/mol. The second-order valence-electron chi connectivity index (χ2n) is 5.81. The Morgan fingerprint density at radius 3 is 2.85 bits per heavy atom. The van der Waals surface area contributed by atoms with Crippen molar-refractivity contribution >= 4 is 40.9 Å². The van der Waals surface area contributed by atoms with Crippen LogP contribution in [0.25, 0.3) is 11.4 Å². The first-order valence-electron chi connectivity index (χ1n) is 8.29. The molecule has 1 aliphatic rings. The summed E-state index contributed by atoms with van der Waals surface area (Å²) < 4.78 is 1.35. The SMILES string of the molecule is CCN(C(=O)CSc1nnc(-c2ccc(Cl)cc2Cl)n1N)C1=CCCC1. The maximum atomic E-state index is 12.5. The van der Waals surface area contributed by atoms with Crippen molar-refractivity contribution in [2.45, 2.75) is 31.3 Å². The molecule has 0 bridgehead atoms. The van der Waals surface area contributed by atoms with Gasteiger partial charge in [-0.3, -0.25) is 4.79 Å². The van der Waals surface area contributed by atoms with Crippen LogP contribution in [-0.4, -0.2) is 38.0 Å². The van der Waals surface area contributed by atoms with E-state index in [1.54, 1.807) is 18.2 Å². The highest BCUT2D eigenvalue weighted by molar-refractivity contribution is 7.99. The number of amides is 1. The minimum Gasteiger partial charge on any atom is -0.335 e. The molecule has 6 nitrogen and oxygen atoms in total. The van der Waals surface area contributed by atoms with Crippen LogP contribution in [0.4, 0.5) is 0 Å². The maximum Gasteiger partial charge on any atom is 0.237 e. The lowest BCUT2D eigenvalue weighted by Crippen LogP contribution is -2.31. The summed E-state index contributed by atoms with van der Waals surface area (Å²) >= 11 is 13.4. The van der Waals surface area contributed by atoms with Gasteiger partial charge >= 0.3 is 0 Å². The second kappa shape index (κ2) is 8.33. The van der Waals surface area contributed by atoms with Crippen molar-refractivity contribution in [3.63, 3.8) is 0 Å². The lowest BCUT2D eigenvalue weighted by atomic mass is 10.2. The number of halogens is 2. The lowest BCUT2D eigenvalue weighted by Gasteiger charge is -2.21. The molecule has 1 aromatic heterocycles. The van der Waals surface area contributed by atoms with E-state index in [0.717, 1.165) is 25.0 Å². The number of hydrogen-bond acceptors (Lipinski definition) is 5. The van der Waals surface area contributed by atoms with E-state index in [1.807, 2.05) is 11.8 Å². The lowest BCUT2D eigenvalue weighted by molar-refractivity contribution is -0.126. The number of nitrogens with zero attached hydrogens (tertiary/aromatic N) is 4. The molecule has 1 aliphatic carbocycles. The van der Waals surface area contributed by atoms with E-state index in [9.17, 15) is 4.79 Å². The van der Waals surface area contributed by atoms with Crippen LogP contribution in [0, 0.1) is 0 Å². The average Bonchev–Trinajstić information content (AvgIpc) is 3.25. The third-order valence-corrected chi connectivity index (χ3v) is 5.62. The van der Waals surface area contributed by atoms with Crippen LogP contribution >= 0.6 is 35.0 Å². The number of rotatable bonds is 6. The molecule has 1 amide bonds. The zero-order chi connectivity index (χ0) is 18.7. The van der Waals surface area contributed by atoms with Crippen molar-refractivity contribution in [2.24, 2.45) is 0 Å². The number of thioether (sulfide) groups is 1. The fourth-order valence-electron chi connectivity index (χ4n) is 2.87. The molecule has 0 aliphatic heterocycles. The van der Waals surface area contributed by atoms with Crippen LogP contribution in [0.15, 0.2) is 35.1 Å². The van der Waals surface area contributed by atoms with Crippen molar-refractivity contribution < 1.29 is 4.79 Å². The van der Waals surface area contributed by atoms with Gasteiger partial charge in [-0.05, 0) is 44.4 Å². The molecule has 26 heavy (non-hydrogen) atoms. The molecule has 0 saturated heterocycles. The number of carbonyl (C=O) groups is 1. The fourth-order valence-corrected chi connectivity index (χ4v) is 4.10. The fraction of sp³-hybridized carbons (Fsp3) is 0.353. The number of allylic oxidation sites excluding steroid dienone is 2. The summed E-state index contributed by atoms with van der Waals surface area (Å²) in [5, 5.41) is 9.61. The highest BCUT2D eigenvalue weighted by Crippen LogP contribution is 2.30. The monoisotopic (exact) mass is 411 g/mol. The summed E-state index contributed by atoms with van der Waals surface area (Å²) in [5.74, 6) is 6.81. The van der Waals surface area contributed by atoms with E-state index in [-0.39, 0.29) is 11.7 Å². The molecule has 0 spiro atoms. The Hall–Kier alpha value is -1.70. The molecule has 1 aromatic carbocycles. The van der Waals surface area contributed by atoms with E-state index in [2.05, 4.69) is 16.3 Å². The van der Waals surface area contributed by atoms with Crippen LogP contribution < -0.4 is 5.84 Å². The molecule has 1 heterocycles. The van der Waals surface area contributed by atoms with Crippen LogP contribution in [0.3, 0.4) is 0 Å². The number of carbonyl (C=O) groups excluding carboxylic acids is 1.